The van der Waals surface area contributed by atoms with Crippen LogP contribution in [0.2, 0.25) is 0 Å². The highest BCUT2D eigenvalue weighted by molar-refractivity contribution is 5.66. The molecule has 0 aromatic heterocycles. The Morgan fingerprint density at radius 1 is 1.12 bits per heavy atom. The Kier molecular flexibility index (Phi) is 11.1. The van der Waals surface area contributed by atoms with Crippen molar-refractivity contribution in [3.8, 4) is 0 Å². The van der Waals surface area contributed by atoms with Crippen molar-refractivity contribution in [1.82, 2.24) is 0 Å². The SMILES string of the molecule is C/C=C/CCCCCCCCC(C)OC(C)=O. The van der Waals surface area contributed by atoms with Gasteiger partial charge in [0.25, 0.3) is 0 Å². The topological polar surface area (TPSA) is 26.3 Å². The minimum atomic E-state index is -0.165. The maximum atomic E-state index is 10.7. The van der Waals surface area contributed by atoms with Gasteiger partial charge in [-0.2, -0.15) is 0 Å². The molecule has 0 amide bonds. The van der Waals surface area contributed by atoms with Crippen LogP contribution in [0.25, 0.3) is 0 Å². The van der Waals surface area contributed by atoms with E-state index in [0.717, 1.165) is 6.42 Å². The van der Waals surface area contributed by atoms with E-state index in [4.69, 9.17) is 4.74 Å². The number of carbonyl (C=O) groups excluding carboxylic acids is 1. The van der Waals surface area contributed by atoms with E-state index in [-0.39, 0.29) is 12.1 Å². The summed E-state index contributed by atoms with van der Waals surface area (Å²) in [5.41, 5.74) is 0. The normalized spacial score (nSPS) is 12.9. The van der Waals surface area contributed by atoms with E-state index in [1.54, 1.807) is 0 Å². The van der Waals surface area contributed by atoms with E-state index in [0.29, 0.717) is 0 Å². The van der Waals surface area contributed by atoms with Crippen LogP contribution < -0.4 is 0 Å². The van der Waals surface area contributed by atoms with Crippen LogP contribution in [0.5, 0.6) is 0 Å². The van der Waals surface area contributed by atoms with Crippen LogP contribution in [0, 0.1) is 0 Å². The molecule has 0 saturated heterocycles. The summed E-state index contributed by atoms with van der Waals surface area (Å²) in [6, 6.07) is 0. The maximum Gasteiger partial charge on any atom is 0.302 e. The Labute approximate surface area is 106 Å². The third-order valence-corrected chi connectivity index (χ3v) is 2.83. The molecule has 1 unspecified atom stereocenters. The standard InChI is InChI=1S/C15H28O2/c1-4-5-6-7-8-9-10-11-12-13-14(2)17-15(3)16/h4-5,14H,6-13H2,1-3H3/b5-4+. The van der Waals surface area contributed by atoms with Crippen molar-refractivity contribution in [2.24, 2.45) is 0 Å². The van der Waals surface area contributed by atoms with Gasteiger partial charge in [0.15, 0.2) is 0 Å². The van der Waals surface area contributed by atoms with Gasteiger partial charge in [0, 0.05) is 6.92 Å². The number of ether oxygens (including phenoxy) is 1. The molecule has 0 rings (SSSR count). The summed E-state index contributed by atoms with van der Waals surface area (Å²) in [5, 5.41) is 0. The zero-order chi connectivity index (χ0) is 12.9. The van der Waals surface area contributed by atoms with Gasteiger partial charge in [0.1, 0.15) is 0 Å². The molecule has 0 aromatic rings. The molecule has 0 saturated carbocycles. The van der Waals surface area contributed by atoms with Crippen molar-refractivity contribution in [2.75, 3.05) is 0 Å². The van der Waals surface area contributed by atoms with Crippen molar-refractivity contribution >= 4 is 5.97 Å². The summed E-state index contributed by atoms with van der Waals surface area (Å²) in [4.78, 5) is 10.7. The Morgan fingerprint density at radius 2 is 1.71 bits per heavy atom. The summed E-state index contributed by atoms with van der Waals surface area (Å²) >= 11 is 0. The van der Waals surface area contributed by atoms with Crippen molar-refractivity contribution in [3.05, 3.63) is 12.2 Å². The zero-order valence-corrected chi connectivity index (χ0v) is 11.7. The average molecular weight is 240 g/mol. The lowest BCUT2D eigenvalue weighted by molar-refractivity contribution is -0.145. The molecule has 0 aliphatic heterocycles. The first-order chi connectivity index (χ1) is 8.16. The molecule has 2 heteroatoms. The Morgan fingerprint density at radius 3 is 2.29 bits per heavy atom. The van der Waals surface area contributed by atoms with Crippen LogP contribution in [0.15, 0.2) is 12.2 Å². The lowest BCUT2D eigenvalue weighted by atomic mass is 10.1. The minimum Gasteiger partial charge on any atom is -0.463 e. The number of unbranched alkanes of at least 4 members (excludes halogenated alkanes) is 6. The molecule has 0 heterocycles. The highest BCUT2D eigenvalue weighted by Gasteiger charge is 2.04. The molecule has 0 N–H and O–H groups in total. The number of hydrogen-bond acceptors (Lipinski definition) is 2. The number of hydrogen-bond donors (Lipinski definition) is 0. The summed E-state index contributed by atoms with van der Waals surface area (Å²) in [6.07, 6.45) is 14.4. The van der Waals surface area contributed by atoms with Crippen LogP contribution >= 0.6 is 0 Å². The van der Waals surface area contributed by atoms with Crippen molar-refractivity contribution < 1.29 is 9.53 Å². The second-order valence-corrected chi connectivity index (χ2v) is 4.69. The van der Waals surface area contributed by atoms with Crippen molar-refractivity contribution in [3.63, 3.8) is 0 Å². The number of rotatable bonds is 10. The summed E-state index contributed by atoms with van der Waals surface area (Å²) < 4.78 is 5.08. The molecule has 17 heavy (non-hydrogen) atoms. The Bertz CT molecular complexity index is 209. The highest BCUT2D eigenvalue weighted by Crippen LogP contribution is 2.11. The van der Waals surface area contributed by atoms with E-state index >= 15 is 0 Å². The maximum absolute atomic E-state index is 10.7. The monoisotopic (exact) mass is 240 g/mol. The predicted octanol–water partition coefficient (Wildman–Crippen LogP) is 4.63. The highest BCUT2D eigenvalue weighted by atomic mass is 16.5. The fourth-order valence-electron chi connectivity index (χ4n) is 1.91. The van der Waals surface area contributed by atoms with Gasteiger partial charge < -0.3 is 4.74 Å². The van der Waals surface area contributed by atoms with Crippen LogP contribution in [0.4, 0.5) is 0 Å². The molecule has 0 radical (unpaired) electrons. The molecule has 0 bridgehead atoms. The van der Waals surface area contributed by atoms with E-state index in [1.807, 2.05) is 6.92 Å². The largest absolute Gasteiger partial charge is 0.463 e. The molecule has 0 aliphatic rings. The predicted molar refractivity (Wildman–Crippen MR) is 73.0 cm³/mol. The summed E-state index contributed by atoms with van der Waals surface area (Å²) in [7, 11) is 0. The Hall–Kier alpha value is -0.790. The van der Waals surface area contributed by atoms with Gasteiger partial charge in [-0.05, 0) is 39.5 Å². The van der Waals surface area contributed by atoms with Gasteiger partial charge in [-0.25, -0.2) is 0 Å². The average Bonchev–Trinajstić information content (AvgIpc) is 2.26. The number of allylic oxidation sites excluding steroid dienone is 2. The molecule has 2 nitrogen and oxygen atoms in total. The zero-order valence-electron chi connectivity index (χ0n) is 11.7. The lowest BCUT2D eigenvalue weighted by Crippen LogP contribution is -2.11. The Balaban J connectivity index is 3.15. The van der Waals surface area contributed by atoms with Crippen LogP contribution in [0.3, 0.4) is 0 Å². The van der Waals surface area contributed by atoms with Crippen LogP contribution in [0.1, 0.15) is 72.1 Å². The van der Waals surface area contributed by atoms with E-state index in [1.165, 1.54) is 51.9 Å². The second kappa shape index (κ2) is 11.7. The van der Waals surface area contributed by atoms with Gasteiger partial charge >= 0.3 is 5.97 Å². The van der Waals surface area contributed by atoms with Crippen molar-refractivity contribution in [2.45, 2.75) is 78.2 Å². The number of esters is 1. The number of carbonyl (C=O) groups is 1. The van der Waals surface area contributed by atoms with Gasteiger partial charge in [-0.1, -0.05) is 37.8 Å². The van der Waals surface area contributed by atoms with Gasteiger partial charge in [-0.15, -0.1) is 0 Å². The minimum absolute atomic E-state index is 0.0854. The van der Waals surface area contributed by atoms with E-state index < -0.39 is 0 Å². The molecule has 0 aromatic carbocycles. The third-order valence-electron chi connectivity index (χ3n) is 2.83. The fraction of sp³-hybridized carbons (Fsp3) is 0.800. The van der Waals surface area contributed by atoms with Gasteiger partial charge in [-0.3, -0.25) is 4.79 Å². The second-order valence-electron chi connectivity index (χ2n) is 4.69. The van der Waals surface area contributed by atoms with Crippen LogP contribution in [-0.2, 0) is 9.53 Å². The lowest BCUT2D eigenvalue weighted by Gasteiger charge is -2.10. The molecule has 0 spiro atoms. The molecule has 0 aliphatic carbocycles. The first kappa shape index (κ1) is 16.2. The van der Waals surface area contributed by atoms with Crippen molar-refractivity contribution in [1.29, 1.82) is 0 Å². The van der Waals surface area contributed by atoms with E-state index in [9.17, 15) is 4.79 Å². The quantitative estimate of drug-likeness (QED) is 0.316. The first-order valence-corrected chi connectivity index (χ1v) is 6.95. The third kappa shape index (κ3) is 13.1. The van der Waals surface area contributed by atoms with Crippen LogP contribution in [-0.4, -0.2) is 12.1 Å². The fourth-order valence-corrected chi connectivity index (χ4v) is 1.91. The van der Waals surface area contributed by atoms with Gasteiger partial charge in [0.2, 0.25) is 0 Å². The molecular formula is C15H28O2. The summed E-state index contributed by atoms with van der Waals surface area (Å²) in [5.74, 6) is -0.165. The molecule has 100 valence electrons. The summed E-state index contributed by atoms with van der Waals surface area (Å²) in [6.45, 7) is 5.52. The van der Waals surface area contributed by atoms with E-state index in [2.05, 4.69) is 19.1 Å². The molecule has 0 fully saturated rings. The first-order valence-electron chi connectivity index (χ1n) is 6.95. The van der Waals surface area contributed by atoms with Gasteiger partial charge in [0.05, 0.1) is 6.10 Å². The molecular weight excluding hydrogens is 212 g/mol. The molecule has 1 atom stereocenters. The smallest absolute Gasteiger partial charge is 0.302 e.